The summed E-state index contributed by atoms with van der Waals surface area (Å²) < 4.78 is 0. The van der Waals surface area contributed by atoms with Crippen LogP contribution in [-0.4, -0.2) is 43.0 Å². The van der Waals surface area contributed by atoms with Crippen molar-refractivity contribution in [2.24, 2.45) is 0 Å². The Morgan fingerprint density at radius 1 is 1.22 bits per heavy atom. The molecule has 0 amide bonds. The maximum atomic E-state index is 4.12. The maximum Gasteiger partial charge on any atom is 0.0235 e. The number of nitrogens with zero attached hydrogens (tertiary/aromatic N) is 2. The quantitative estimate of drug-likeness (QED) is 0.803. The van der Waals surface area contributed by atoms with E-state index in [1.54, 1.807) is 0 Å². The zero-order chi connectivity index (χ0) is 13.0. The van der Waals surface area contributed by atoms with Crippen molar-refractivity contribution in [2.45, 2.75) is 19.9 Å². The number of piperazine rings is 1. The molecule has 0 aliphatic carbocycles. The standard InChI is InChI=1S/C16H24N2/c1-4-14(2)16-7-5-6-15(12-16)13-18-10-8-17(3)9-11-18/h5-7,12H,2,4,8-11,13H2,1,3H3. The number of hydrogen-bond acceptors (Lipinski definition) is 2. The molecule has 2 rings (SSSR count). The predicted octanol–water partition coefficient (Wildman–Crippen LogP) is 2.86. The first-order valence-corrected chi connectivity index (χ1v) is 6.87. The summed E-state index contributed by atoms with van der Waals surface area (Å²) in [4.78, 5) is 4.93. The third kappa shape index (κ3) is 3.44. The van der Waals surface area contributed by atoms with Crippen LogP contribution in [0.5, 0.6) is 0 Å². The van der Waals surface area contributed by atoms with Crippen LogP contribution in [0.15, 0.2) is 30.8 Å². The number of rotatable bonds is 4. The lowest BCUT2D eigenvalue weighted by atomic mass is 10.0. The smallest absolute Gasteiger partial charge is 0.0235 e. The number of benzene rings is 1. The molecule has 0 unspecified atom stereocenters. The van der Waals surface area contributed by atoms with Crippen LogP contribution in [0.25, 0.3) is 5.57 Å². The van der Waals surface area contributed by atoms with Crippen molar-refractivity contribution in [3.8, 4) is 0 Å². The number of allylic oxidation sites excluding steroid dienone is 1. The zero-order valence-corrected chi connectivity index (χ0v) is 11.7. The molecule has 1 heterocycles. The third-order valence-corrected chi connectivity index (χ3v) is 3.76. The molecule has 0 atom stereocenters. The molecule has 2 heteroatoms. The molecular weight excluding hydrogens is 220 g/mol. The summed E-state index contributed by atoms with van der Waals surface area (Å²) in [6, 6.07) is 8.84. The van der Waals surface area contributed by atoms with Crippen molar-refractivity contribution in [1.82, 2.24) is 9.80 Å². The normalized spacial score (nSPS) is 17.9. The van der Waals surface area contributed by atoms with Gasteiger partial charge in [0.15, 0.2) is 0 Å². The lowest BCUT2D eigenvalue weighted by Gasteiger charge is -2.32. The summed E-state index contributed by atoms with van der Waals surface area (Å²) in [5.74, 6) is 0. The highest BCUT2D eigenvalue weighted by atomic mass is 15.2. The average molecular weight is 244 g/mol. The first-order valence-electron chi connectivity index (χ1n) is 6.87. The third-order valence-electron chi connectivity index (χ3n) is 3.76. The Kier molecular flexibility index (Phi) is 4.56. The minimum atomic E-state index is 1.03. The molecule has 0 radical (unpaired) electrons. The van der Waals surface area contributed by atoms with E-state index < -0.39 is 0 Å². The van der Waals surface area contributed by atoms with Crippen LogP contribution in [0.1, 0.15) is 24.5 Å². The minimum Gasteiger partial charge on any atom is -0.304 e. The van der Waals surface area contributed by atoms with Gasteiger partial charge >= 0.3 is 0 Å². The average Bonchev–Trinajstić information content (AvgIpc) is 2.41. The summed E-state index contributed by atoms with van der Waals surface area (Å²) in [5, 5.41) is 0. The molecule has 2 nitrogen and oxygen atoms in total. The van der Waals surface area contributed by atoms with E-state index in [-0.39, 0.29) is 0 Å². The highest BCUT2D eigenvalue weighted by Gasteiger charge is 2.13. The molecule has 0 N–H and O–H groups in total. The fraction of sp³-hybridized carbons (Fsp3) is 0.500. The van der Waals surface area contributed by atoms with Gasteiger partial charge in [-0.2, -0.15) is 0 Å². The topological polar surface area (TPSA) is 6.48 Å². The Morgan fingerprint density at radius 2 is 1.94 bits per heavy atom. The van der Waals surface area contributed by atoms with Gasteiger partial charge in [0.2, 0.25) is 0 Å². The van der Waals surface area contributed by atoms with Gasteiger partial charge in [-0.05, 0) is 30.2 Å². The van der Waals surface area contributed by atoms with Crippen molar-refractivity contribution in [2.75, 3.05) is 33.2 Å². The van der Waals surface area contributed by atoms with Gasteiger partial charge in [-0.15, -0.1) is 0 Å². The molecule has 18 heavy (non-hydrogen) atoms. The Morgan fingerprint density at radius 3 is 2.61 bits per heavy atom. The van der Waals surface area contributed by atoms with Crippen LogP contribution in [0.3, 0.4) is 0 Å². The molecule has 1 aliphatic heterocycles. The minimum absolute atomic E-state index is 1.03. The summed E-state index contributed by atoms with van der Waals surface area (Å²) >= 11 is 0. The van der Waals surface area contributed by atoms with E-state index in [4.69, 9.17) is 0 Å². The largest absolute Gasteiger partial charge is 0.304 e. The molecule has 1 aromatic rings. The number of hydrogen-bond donors (Lipinski definition) is 0. The van der Waals surface area contributed by atoms with Gasteiger partial charge in [-0.3, -0.25) is 4.90 Å². The highest BCUT2D eigenvalue weighted by Crippen LogP contribution is 2.18. The van der Waals surface area contributed by atoms with Crippen LogP contribution in [0.4, 0.5) is 0 Å². The van der Waals surface area contributed by atoms with Gasteiger partial charge in [0, 0.05) is 32.7 Å². The molecule has 1 saturated heterocycles. The lowest BCUT2D eigenvalue weighted by Crippen LogP contribution is -2.43. The summed E-state index contributed by atoms with van der Waals surface area (Å²) in [5.41, 5.74) is 3.94. The fourth-order valence-electron chi connectivity index (χ4n) is 2.36. The molecular formula is C16H24N2. The Hall–Kier alpha value is -1.12. The second-order valence-electron chi connectivity index (χ2n) is 5.24. The predicted molar refractivity (Wildman–Crippen MR) is 78.5 cm³/mol. The highest BCUT2D eigenvalue weighted by molar-refractivity contribution is 5.63. The van der Waals surface area contributed by atoms with Gasteiger partial charge in [-0.1, -0.05) is 37.8 Å². The van der Waals surface area contributed by atoms with E-state index in [1.165, 1.54) is 42.9 Å². The first-order chi connectivity index (χ1) is 8.69. The van der Waals surface area contributed by atoms with Crippen molar-refractivity contribution in [3.05, 3.63) is 42.0 Å². The summed E-state index contributed by atoms with van der Waals surface area (Å²) in [6.45, 7) is 12.1. The summed E-state index contributed by atoms with van der Waals surface area (Å²) in [6.07, 6.45) is 1.03. The van der Waals surface area contributed by atoms with Gasteiger partial charge in [0.25, 0.3) is 0 Å². The van der Waals surface area contributed by atoms with E-state index in [0.717, 1.165) is 13.0 Å². The van der Waals surface area contributed by atoms with E-state index >= 15 is 0 Å². The molecule has 0 saturated carbocycles. The van der Waals surface area contributed by atoms with Crippen LogP contribution in [-0.2, 0) is 6.54 Å². The van der Waals surface area contributed by atoms with E-state index in [9.17, 15) is 0 Å². The Balaban J connectivity index is 1.99. The van der Waals surface area contributed by atoms with Crippen LogP contribution in [0.2, 0.25) is 0 Å². The van der Waals surface area contributed by atoms with Gasteiger partial charge in [0.1, 0.15) is 0 Å². The Labute approximate surface area is 111 Å². The van der Waals surface area contributed by atoms with Crippen molar-refractivity contribution >= 4 is 5.57 Å². The Bertz CT molecular complexity index is 403. The van der Waals surface area contributed by atoms with E-state index in [2.05, 4.69) is 54.6 Å². The van der Waals surface area contributed by atoms with Crippen molar-refractivity contribution in [1.29, 1.82) is 0 Å². The fourth-order valence-corrected chi connectivity index (χ4v) is 2.36. The van der Waals surface area contributed by atoms with E-state index in [0.29, 0.717) is 0 Å². The molecule has 1 aromatic carbocycles. The van der Waals surface area contributed by atoms with Gasteiger partial charge in [-0.25, -0.2) is 0 Å². The second-order valence-corrected chi connectivity index (χ2v) is 5.24. The van der Waals surface area contributed by atoms with E-state index in [1.807, 2.05) is 0 Å². The van der Waals surface area contributed by atoms with Gasteiger partial charge < -0.3 is 4.90 Å². The SMILES string of the molecule is C=C(CC)c1cccc(CN2CCN(C)CC2)c1. The first kappa shape index (κ1) is 13.3. The monoisotopic (exact) mass is 244 g/mol. The maximum absolute atomic E-state index is 4.12. The summed E-state index contributed by atoms with van der Waals surface area (Å²) in [7, 11) is 2.20. The second kappa shape index (κ2) is 6.17. The molecule has 0 bridgehead atoms. The molecule has 1 fully saturated rings. The van der Waals surface area contributed by atoms with Gasteiger partial charge in [0.05, 0.1) is 0 Å². The zero-order valence-electron chi connectivity index (χ0n) is 11.7. The van der Waals surface area contributed by atoms with Crippen LogP contribution < -0.4 is 0 Å². The van der Waals surface area contributed by atoms with Crippen molar-refractivity contribution < 1.29 is 0 Å². The lowest BCUT2D eigenvalue weighted by molar-refractivity contribution is 0.148. The van der Waals surface area contributed by atoms with Crippen molar-refractivity contribution in [3.63, 3.8) is 0 Å². The van der Waals surface area contributed by atoms with Crippen LogP contribution >= 0.6 is 0 Å². The molecule has 0 aromatic heterocycles. The molecule has 98 valence electrons. The van der Waals surface area contributed by atoms with Crippen LogP contribution in [0, 0.1) is 0 Å². The molecule has 0 spiro atoms. The molecule has 1 aliphatic rings. The number of likely N-dealkylation sites (N-methyl/N-ethyl adjacent to an activating group) is 1.